The first-order valence-corrected chi connectivity index (χ1v) is 8.74. The van der Waals surface area contributed by atoms with E-state index in [1.807, 2.05) is 0 Å². The summed E-state index contributed by atoms with van der Waals surface area (Å²) in [7, 11) is 1.57. The molecule has 10 nitrogen and oxygen atoms in total. The number of phenols is 1. The lowest BCUT2D eigenvalue weighted by Gasteiger charge is -2.09. The molecule has 0 aliphatic rings. The maximum absolute atomic E-state index is 9.64. The zero-order valence-corrected chi connectivity index (χ0v) is 15.8. The van der Waals surface area contributed by atoms with Gasteiger partial charge < -0.3 is 21.3 Å². The lowest BCUT2D eigenvalue weighted by Crippen LogP contribution is -2.06. The molecule has 4 rings (SSSR count). The Morgan fingerprint density at radius 3 is 2.40 bits per heavy atom. The average molecular weight is 400 g/mol. The fourth-order valence-corrected chi connectivity index (χ4v) is 2.87. The topological polar surface area (TPSA) is 160 Å². The van der Waals surface area contributed by atoms with Gasteiger partial charge >= 0.3 is 0 Å². The number of rotatable bonds is 4. The van der Waals surface area contributed by atoms with E-state index in [0.29, 0.717) is 22.7 Å². The van der Waals surface area contributed by atoms with E-state index in [2.05, 4.69) is 26.4 Å². The van der Waals surface area contributed by atoms with Crippen LogP contribution in [0.3, 0.4) is 0 Å². The predicted octanol–water partition coefficient (Wildman–Crippen LogP) is 3.56. The standard InChI is InChI=1S/C20H16N8O2/c1-30-14-8-2-11(3-9-14)16-15(10-21)19(23)28-20(24-16)17(18(22)27-28)26-25-12-4-6-13(29)7-5-12/h2-9,29H,23H2,1H3,(H2,22,27). The second-order valence-electron chi connectivity index (χ2n) is 6.25. The van der Waals surface area contributed by atoms with E-state index in [0.717, 1.165) is 0 Å². The molecular formula is C20H16N8O2. The van der Waals surface area contributed by atoms with Gasteiger partial charge in [0.05, 0.1) is 18.5 Å². The van der Waals surface area contributed by atoms with Gasteiger partial charge in [-0.05, 0) is 48.5 Å². The van der Waals surface area contributed by atoms with Crippen LogP contribution in [0.5, 0.6) is 11.5 Å². The zero-order chi connectivity index (χ0) is 21.3. The van der Waals surface area contributed by atoms with Crippen LogP contribution in [0.4, 0.5) is 23.0 Å². The molecule has 0 fully saturated rings. The summed E-state index contributed by atoms with van der Waals surface area (Å²) in [5, 5.41) is 31.5. The van der Waals surface area contributed by atoms with Crippen molar-refractivity contribution in [3.05, 3.63) is 54.1 Å². The summed E-state index contributed by atoms with van der Waals surface area (Å²) in [6.07, 6.45) is 0. The molecule has 5 N–H and O–H groups in total. The van der Waals surface area contributed by atoms with Crippen LogP contribution in [0.1, 0.15) is 5.56 Å². The number of aromatic hydroxyl groups is 1. The monoisotopic (exact) mass is 400 g/mol. The minimum absolute atomic E-state index is 0.0625. The van der Waals surface area contributed by atoms with Crippen molar-refractivity contribution in [1.82, 2.24) is 14.6 Å². The number of azo groups is 1. The summed E-state index contributed by atoms with van der Waals surface area (Å²) >= 11 is 0. The van der Waals surface area contributed by atoms with Crippen molar-refractivity contribution in [3.63, 3.8) is 0 Å². The summed E-state index contributed by atoms with van der Waals surface area (Å²) in [6.45, 7) is 0. The number of anilines is 2. The Balaban J connectivity index is 1.88. The van der Waals surface area contributed by atoms with Crippen LogP contribution in [0, 0.1) is 11.3 Å². The van der Waals surface area contributed by atoms with Crippen LogP contribution in [-0.2, 0) is 0 Å². The number of nitrogen functional groups attached to an aromatic ring is 2. The van der Waals surface area contributed by atoms with E-state index < -0.39 is 0 Å². The molecule has 0 bridgehead atoms. The van der Waals surface area contributed by atoms with Crippen LogP contribution < -0.4 is 16.2 Å². The molecule has 30 heavy (non-hydrogen) atoms. The molecule has 4 aromatic rings. The highest BCUT2D eigenvalue weighted by Gasteiger charge is 2.20. The first-order chi connectivity index (χ1) is 14.5. The Bertz CT molecular complexity index is 1300. The molecule has 2 aromatic carbocycles. The normalized spacial score (nSPS) is 11.1. The first kappa shape index (κ1) is 18.7. The Morgan fingerprint density at radius 2 is 1.77 bits per heavy atom. The predicted molar refractivity (Wildman–Crippen MR) is 111 cm³/mol. The third kappa shape index (κ3) is 3.20. The third-order valence-electron chi connectivity index (χ3n) is 4.39. The number of benzene rings is 2. The minimum Gasteiger partial charge on any atom is -0.508 e. The molecule has 10 heteroatoms. The fraction of sp³-hybridized carbons (Fsp3) is 0.0500. The first-order valence-electron chi connectivity index (χ1n) is 8.74. The number of nitrogens with two attached hydrogens (primary N) is 2. The second-order valence-corrected chi connectivity index (χ2v) is 6.25. The van der Waals surface area contributed by atoms with Gasteiger partial charge in [-0.15, -0.1) is 10.2 Å². The molecule has 2 heterocycles. The molecule has 0 saturated heterocycles. The van der Waals surface area contributed by atoms with E-state index >= 15 is 0 Å². The third-order valence-corrected chi connectivity index (χ3v) is 4.39. The van der Waals surface area contributed by atoms with Gasteiger partial charge in [0.1, 0.15) is 28.9 Å². The van der Waals surface area contributed by atoms with E-state index in [-0.39, 0.29) is 34.3 Å². The van der Waals surface area contributed by atoms with Gasteiger partial charge in [0.2, 0.25) is 0 Å². The van der Waals surface area contributed by atoms with Crippen molar-refractivity contribution >= 4 is 28.7 Å². The summed E-state index contributed by atoms with van der Waals surface area (Å²) in [5.74, 6) is 0.939. The number of nitrogens with zero attached hydrogens (tertiary/aromatic N) is 6. The van der Waals surface area contributed by atoms with Crippen LogP contribution >= 0.6 is 0 Å². The van der Waals surface area contributed by atoms with Gasteiger partial charge in [0.15, 0.2) is 17.2 Å². The molecule has 0 aliphatic heterocycles. The summed E-state index contributed by atoms with van der Waals surface area (Å²) in [6, 6.07) is 15.3. The second kappa shape index (κ2) is 7.40. The lowest BCUT2D eigenvalue weighted by atomic mass is 10.1. The van der Waals surface area contributed by atoms with Gasteiger partial charge in [-0.3, -0.25) is 0 Å². The Hall–Kier alpha value is -4.65. The SMILES string of the molecule is COc1ccc(-c2nc3c(N=Nc4ccc(O)cc4)c(N)nn3c(N)c2C#N)cc1. The summed E-state index contributed by atoms with van der Waals surface area (Å²) < 4.78 is 6.45. The molecule has 0 saturated carbocycles. The largest absolute Gasteiger partial charge is 0.508 e. The number of aromatic nitrogens is 3. The van der Waals surface area contributed by atoms with E-state index in [9.17, 15) is 10.4 Å². The Kier molecular flexibility index (Phi) is 4.61. The van der Waals surface area contributed by atoms with Gasteiger partial charge in [0.25, 0.3) is 0 Å². The van der Waals surface area contributed by atoms with Crippen molar-refractivity contribution in [2.45, 2.75) is 0 Å². The quantitative estimate of drug-likeness (QED) is 0.441. The molecule has 0 amide bonds. The molecule has 0 aliphatic carbocycles. The average Bonchev–Trinajstić information content (AvgIpc) is 3.09. The van der Waals surface area contributed by atoms with Crippen molar-refractivity contribution in [1.29, 1.82) is 5.26 Å². The fourth-order valence-electron chi connectivity index (χ4n) is 2.87. The van der Waals surface area contributed by atoms with E-state index in [1.165, 1.54) is 16.6 Å². The van der Waals surface area contributed by atoms with Crippen molar-refractivity contribution in [2.75, 3.05) is 18.6 Å². The van der Waals surface area contributed by atoms with Gasteiger partial charge in [-0.1, -0.05) is 0 Å². The number of fused-ring (bicyclic) bond motifs is 1. The highest BCUT2D eigenvalue weighted by molar-refractivity contribution is 5.82. The highest BCUT2D eigenvalue weighted by atomic mass is 16.5. The van der Waals surface area contributed by atoms with Gasteiger partial charge in [-0.2, -0.15) is 14.9 Å². The number of nitriles is 1. The number of methoxy groups -OCH3 is 1. The Morgan fingerprint density at radius 1 is 1.07 bits per heavy atom. The van der Waals surface area contributed by atoms with Gasteiger partial charge in [0, 0.05) is 5.56 Å². The highest BCUT2D eigenvalue weighted by Crippen LogP contribution is 2.34. The lowest BCUT2D eigenvalue weighted by molar-refractivity contribution is 0.415. The summed E-state index contributed by atoms with van der Waals surface area (Å²) in [5.41, 5.74) is 14.4. The molecule has 0 atom stereocenters. The number of phenolic OH excluding ortho intramolecular Hbond substituents is 1. The number of hydrogen-bond acceptors (Lipinski definition) is 9. The van der Waals surface area contributed by atoms with Crippen molar-refractivity contribution in [2.24, 2.45) is 10.2 Å². The van der Waals surface area contributed by atoms with Crippen LogP contribution in [0.2, 0.25) is 0 Å². The van der Waals surface area contributed by atoms with E-state index in [4.69, 9.17) is 16.2 Å². The molecular weight excluding hydrogens is 384 g/mol. The van der Waals surface area contributed by atoms with Crippen molar-refractivity contribution in [3.8, 4) is 28.8 Å². The minimum atomic E-state index is 0.0625. The maximum Gasteiger partial charge on any atom is 0.188 e. The van der Waals surface area contributed by atoms with Crippen LogP contribution in [-0.4, -0.2) is 26.8 Å². The smallest absolute Gasteiger partial charge is 0.188 e. The van der Waals surface area contributed by atoms with Crippen LogP contribution in [0.25, 0.3) is 16.9 Å². The maximum atomic E-state index is 9.64. The summed E-state index contributed by atoms with van der Waals surface area (Å²) in [4.78, 5) is 4.56. The molecule has 0 spiro atoms. The number of hydrogen-bond donors (Lipinski definition) is 3. The number of ether oxygens (including phenoxy) is 1. The molecule has 148 valence electrons. The zero-order valence-electron chi connectivity index (χ0n) is 15.8. The van der Waals surface area contributed by atoms with Crippen LogP contribution in [0.15, 0.2) is 58.8 Å². The van der Waals surface area contributed by atoms with Crippen molar-refractivity contribution < 1.29 is 9.84 Å². The van der Waals surface area contributed by atoms with E-state index in [1.54, 1.807) is 43.5 Å². The molecule has 0 unspecified atom stereocenters. The van der Waals surface area contributed by atoms with Gasteiger partial charge in [-0.25, -0.2) is 4.98 Å². The molecule has 2 aromatic heterocycles. The molecule has 0 radical (unpaired) electrons. The Labute approximate surface area is 170 Å².